The van der Waals surface area contributed by atoms with E-state index in [0.29, 0.717) is 0 Å². The topological polar surface area (TPSA) is 66.8 Å². The van der Waals surface area contributed by atoms with Crippen LogP contribution < -0.4 is 4.74 Å². The molecule has 1 atom stereocenters. The molecule has 0 aliphatic heterocycles. The summed E-state index contributed by atoms with van der Waals surface area (Å²) >= 11 is 0. The fourth-order valence-corrected chi connectivity index (χ4v) is 1.11. The first-order valence-electron chi connectivity index (χ1n) is 4.89. The number of halogens is 3. The highest BCUT2D eigenvalue weighted by molar-refractivity contribution is 5.76. The second kappa shape index (κ2) is 4.85. The standard InChI is InChI=1S/C11H11F3O4/c1-10(17,9(15)16)6-18-8-5-3-2-4-7(8)11(12,13)14/h2-5,17H,6H2,1H3,(H,15,16). The number of aliphatic hydroxyl groups is 1. The van der Waals surface area contributed by atoms with Crippen LogP contribution in [0, 0.1) is 0 Å². The van der Waals surface area contributed by atoms with Gasteiger partial charge in [-0.15, -0.1) is 0 Å². The number of carbonyl (C=O) groups is 1. The van der Waals surface area contributed by atoms with E-state index in [9.17, 15) is 23.1 Å². The van der Waals surface area contributed by atoms with Gasteiger partial charge in [0.1, 0.15) is 12.4 Å². The number of rotatable bonds is 4. The summed E-state index contributed by atoms with van der Waals surface area (Å²) in [6, 6.07) is 4.37. The summed E-state index contributed by atoms with van der Waals surface area (Å²) in [4.78, 5) is 10.6. The molecule has 0 saturated carbocycles. The Morgan fingerprint density at radius 2 is 1.89 bits per heavy atom. The Labute approximate surface area is 101 Å². The molecule has 0 saturated heterocycles. The number of para-hydroxylation sites is 1. The maximum Gasteiger partial charge on any atom is 0.419 e. The number of ether oxygens (including phenoxy) is 1. The highest BCUT2D eigenvalue weighted by atomic mass is 19.4. The smallest absolute Gasteiger partial charge is 0.419 e. The van der Waals surface area contributed by atoms with Crippen LogP contribution in [0.4, 0.5) is 13.2 Å². The minimum absolute atomic E-state index is 0.522. The number of carboxylic acids is 1. The summed E-state index contributed by atoms with van der Waals surface area (Å²) < 4.78 is 42.4. The van der Waals surface area contributed by atoms with E-state index in [0.717, 1.165) is 19.1 Å². The Bertz CT molecular complexity index is 440. The summed E-state index contributed by atoms with van der Waals surface area (Å²) in [5, 5.41) is 17.9. The van der Waals surface area contributed by atoms with Crippen LogP contribution in [0.25, 0.3) is 0 Å². The molecule has 0 aromatic heterocycles. The van der Waals surface area contributed by atoms with Gasteiger partial charge in [-0.2, -0.15) is 13.2 Å². The van der Waals surface area contributed by atoms with Gasteiger partial charge in [-0.1, -0.05) is 12.1 Å². The molecular formula is C11H11F3O4. The number of benzene rings is 1. The first kappa shape index (κ1) is 14.3. The quantitative estimate of drug-likeness (QED) is 0.871. The average molecular weight is 264 g/mol. The Kier molecular flexibility index (Phi) is 3.85. The van der Waals surface area contributed by atoms with Gasteiger partial charge in [0.25, 0.3) is 0 Å². The maximum atomic E-state index is 12.6. The summed E-state index contributed by atoms with van der Waals surface area (Å²) in [5.41, 5.74) is -3.27. The zero-order valence-electron chi connectivity index (χ0n) is 9.36. The van der Waals surface area contributed by atoms with E-state index in [1.165, 1.54) is 12.1 Å². The van der Waals surface area contributed by atoms with Gasteiger partial charge in [-0.25, -0.2) is 4.79 Å². The van der Waals surface area contributed by atoms with E-state index < -0.39 is 35.7 Å². The van der Waals surface area contributed by atoms with Gasteiger partial charge in [0, 0.05) is 0 Å². The normalized spacial score (nSPS) is 14.9. The lowest BCUT2D eigenvalue weighted by Gasteiger charge is -2.20. The van der Waals surface area contributed by atoms with Crippen LogP contribution in [0.2, 0.25) is 0 Å². The Balaban J connectivity index is 2.90. The fraction of sp³-hybridized carbons (Fsp3) is 0.364. The monoisotopic (exact) mass is 264 g/mol. The number of carboxylic acid groups (broad SMARTS) is 1. The largest absolute Gasteiger partial charge is 0.489 e. The molecule has 1 aromatic rings. The number of alkyl halides is 3. The second-order valence-electron chi connectivity index (χ2n) is 3.86. The van der Waals surface area contributed by atoms with Crippen LogP contribution in [0.1, 0.15) is 12.5 Å². The van der Waals surface area contributed by atoms with Crippen LogP contribution in [0.5, 0.6) is 5.75 Å². The van der Waals surface area contributed by atoms with E-state index in [2.05, 4.69) is 0 Å². The molecule has 0 aliphatic rings. The van der Waals surface area contributed by atoms with Crippen molar-refractivity contribution in [1.29, 1.82) is 0 Å². The van der Waals surface area contributed by atoms with E-state index in [4.69, 9.17) is 9.84 Å². The third-order valence-electron chi connectivity index (χ3n) is 2.16. The summed E-state index contributed by atoms with van der Waals surface area (Å²) in [6.07, 6.45) is -4.61. The van der Waals surface area contributed by atoms with Crippen LogP contribution in [0.15, 0.2) is 24.3 Å². The molecule has 4 nitrogen and oxygen atoms in total. The number of aliphatic carboxylic acids is 1. The highest BCUT2D eigenvalue weighted by Gasteiger charge is 2.36. The van der Waals surface area contributed by atoms with E-state index >= 15 is 0 Å². The molecule has 0 aliphatic carbocycles. The molecule has 2 N–H and O–H groups in total. The Morgan fingerprint density at radius 1 is 1.33 bits per heavy atom. The van der Waals surface area contributed by atoms with Gasteiger partial charge in [0.15, 0.2) is 5.60 Å². The van der Waals surface area contributed by atoms with Crippen molar-refractivity contribution in [1.82, 2.24) is 0 Å². The third kappa shape index (κ3) is 3.36. The number of hydrogen-bond acceptors (Lipinski definition) is 3. The van der Waals surface area contributed by atoms with Crippen molar-refractivity contribution in [2.24, 2.45) is 0 Å². The molecule has 0 radical (unpaired) electrons. The molecule has 1 unspecified atom stereocenters. The van der Waals surface area contributed by atoms with E-state index in [1.54, 1.807) is 0 Å². The van der Waals surface area contributed by atoms with E-state index in [1.807, 2.05) is 0 Å². The molecule has 7 heteroatoms. The predicted octanol–water partition coefficient (Wildman–Crippen LogP) is 1.92. The Hall–Kier alpha value is -1.76. The second-order valence-corrected chi connectivity index (χ2v) is 3.86. The molecule has 1 rings (SSSR count). The van der Waals surface area contributed by atoms with Crippen molar-refractivity contribution in [3.05, 3.63) is 29.8 Å². The van der Waals surface area contributed by atoms with Crippen molar-refractivity contribution in [3.8, 4) is 5.75 Å². The molecule has 0 amide bonds. The Morgan fingerprint density at radius 3 is 2.39 bits per heavy atom. The lowest BCUT2D eigenvalue weighted by molar-refractivity contribution is -0.159. The van der Waals surface area contributed by atoms with Gasteiger partial charge in [-0.3, -0.25) is 0 Å². The number of hydrogen-bond donors (Lipinski definition) is 2. The van der Waals surface area contributed by atoms with Crippen LogP contribution >= 0.6 is 0 Å². The lowest BCUT2D eigenvalue weighted by atomic mass is 10.1. The van der Waals surface area contributed by atoms with Crippen LogP contribution in [0.3, 0.4) is 0 Å². The summed E-state index contributed by atoms with van der Waals surface area (Å²) in [6.45, 7) is 0.154. The fourth-order valence-electron chi connectivity index (χ4n) is 1.11. The average Bonchev–Trinajstić information content (AvgIpc) is 2.25. The zero-order chi connectivity index (χ0) is 14.0. The van der Waals surface area contributed by atoms with Gasteiger partial charge in [0.2, 0.25) is 0 Å². The molecule has 1 aromatic carbocycles. The SMILES string of the molecule is CC(O)(COc1ccccc1C(F)(F)F)C(=O)O. The minimum atomic E-state index is -4.61. The zero-order valence-corrected chi connectivity index (χ0v) is 9.36. The molecule has 0 spiro atoms. The van der Waals surface area contributed by atoms with Crippen LogP contribution in [-0.4, -0.2) is 28.4 Å². The van der Waals surface area contributed by atoms with Crippen molar-refractivity contribution in [3.63, 3.8) is 0 Å². The summed E-state index contributed by atoms with van der Waals surface area (Å²) in [7, 11) is 0. The van der Waals surface area contributed by atoms with Crippen molar-refractivity contribution in [2.75, 3.05) is 6.61 Å². The molecular weight excluding hydrogens is 253 g/mol. The first-order valence-corrected chi connectivity index (χ1v) is 4.89. The van der Waals surface area contributed by atoms with Crippen molar-refractivity contribution < 1.29 is 32.9 Å². The molecule has 18 heavy (non-hydrogen) atoms. The third-order valence-corrected chi connectivity index (χ3v) is 2.16. The molecule has 0 bridgehead atoms. The van der Waals surface area contributed by atoms with E-state index in [-0.39, 0.29) is 0 Å². The van der Waals surface area contributed by atoms with Gasteiger partial charge < -0.3 is 14.9 Å². The lowest BCUT2D eigenvalue weighted by Crippen LogP contribution is -2.41. The van der Waals surface area contributed by atoms with Gasteiger partial charge in [0.05, 0.1) is 5.56 Å². The molecule has 0 heterocycles. The van der Waals surface area contributed by atoms with Crippen molar-refractivity contribution >= 4 is 5.97 Å². The maximum absolute atomic E-state index is 12.6. The minimum Gasteiger partial charge on any atom is -0.489 e. The molecule has 100 valence electrons. The van der Waals surface area contributed by atoms with Gasteiger partial charge >= 0.3 is 12.1 Å². The van der Waals surface area contributed by atoms with Crippen LogP contribution in [-0.2, 0) is 11.0 Å². The molecule has 0 fully saturated rings. The first-order chi connectivity index (χ1) is 8.14. The van der Waals surface area contributed by atoms with Gasteiger partial charge in [-0.05, 0) is 19.1 Å². The predicted molar refractivity (Wildman–Crippen MR) is 55.2 cm³/mol. The highest BCUT2D eigenvalue weighted by Crippen LogP contribution is 2.36. The summed E-state index contributed by atoms with van der Waals surface area (Å²) in [5.74, 6) is -2.10. The van der Waals surface area contributed by atoms with Crippen molar-refractivity contribution in [2.45, 2.75) is 18.7 Å².